The van der Waals surface area contributed by atoms with Gasteiger partial charge < -0.3 is 4.26 Å². The van der Waals surface area contributed by atoms with Gasteiger partial charge in [0.25, 0.3) is 8.24 Å². The smallest absolute Gasteiger partial charge is 0.298 e. The van der Waals surface area contributed by atoms with Gasteiger partial charge in [0.15, 0.2) is 0 Å². The normalized spacial score (nSPS) is 43.1. The van der Waals surface area contributed by atoms with Gasteiger partial charge in [0.05, 0.1) is 13.6 Å². The highest BCUT2D eigenvalue weighted by molar-refractivity contribution is 6.71. The van der Waals surface area contributed by atoms with Gasteiger partial charge in [-0.05, 0) is 13.1 Å². The van der Waals surface area contributed by atoms with Gasteiger partial charge >= 0.3 is 0 Å². The Morgan fingerprint density at radius 1 is 1.55 bits per heavy atom. The summed E-state index contributed by atoms with van der Waals surface area (Å²) in [4.78, 5) is 0. The van der Waals surface area contributed by atoms with Crippen molar-refractivity contribution in [2.75, 3.05) is 13.6 Å². The van der Waals surface area contributed by atoms with Crippen molar-refractivity contribution in [1.29, 1.82) is 0 Å². The molecule has 1 saturated heterocycles. The van der Waals surface area contributed by atoms with Crippen LogP contribution in [0.2, 0.25) is 19.1 Å². The zero-order chi connectivity index (χ0) is 8.70. The highest BCUT2D eigenvalue weighted by atomic mass is 28.3. The zero-order valence-corrected chi connectivity index (χ0v) is 11.4. The molecule has 0 aromatic carbocycles. The molecule has 11 heavy (non-hydrogen) atoms. The van der Waals surface area contributed by atoms with Gasteiger partial charge in [0.2, 0.25) is 0 Å². The SMILES string of the molecule is CC1C[N+](C)(N[SiH3])[Si](C)(C)C1. The van der Waals surface area contributed by atoms with E-state index >= 15 is 0 Å². The molecule has 1 N–H and O–H groups in total. The number of hydrogen-bond donors (Lipinski definition) is 1. The summed E-state index contributed by atoms with van der Waals surface area (Å²) < 4.78 is 1.21. The largest absolute Gasteiger partial charge is 0.314 e. The molecule has 1 aliphatic heterocycles. The lowest BCUT2D eigenvalue weighted by atomic mass is 10.2. The van der Waals surface area contributed by atoms with Crippen LogP contribution in [-0.4, -0.2) is 36.5 Å². The van der Waals surface area contributed by atoms with Crippen molar-refractivity contribution < 1.29 is 4.26 Å². The Morgan fingerprint density at radius 2 is 2.09 bits per heavy atom. The van der Waals surface area contributed by atoms with Gasteiger partial charge in [-0.15, -0.1) is 0 Å². The first kappa shape index (κ1) is 9.44. The molecule has 2 unspecified atom stereocenters. The van der Waals surface area contributed by atoms with E-state index in [0.717, 1.165) is 16.3 Å². The Morgan fingerprint density at radius 3 is 2.27 bits per heavy atom. The number of quaternary nitrogens is 1. The molecule has 4 heteroatoms. The molecule has 2 nitrogen and oxygen atoms in total. The molecule has 1 rings (SSSR count). The average Bonchev–Trinajstić information content (AvgIpc) is 2.03. The predicted octanol–water partition coefficient (Wildman–Crippen LogP) is 0.0728. The fourth-order valence-corrected chi connectivity index (χ4v) is 8.03. The van der Waals surface area contributed by atoms with E-state index in [-0.39, 0.29) is 0 Å². The minimum atomic E-state index is -0.996. The van der Waals surface area contributed by atoms with E-state index < -0.39 is 8.24 Å². The third kappa shape index (κ3) is 1.45. The van der Waals surface area contributed by atoms with E-state index in [4.69, 9.17) is 0 Å². The molecule has 0 radical (unpaired) electrons. The van der Waals surface area contributed by atoms with Crippen LogP contribution in [0.5, 0.6) is 0 Å². The van der Waals surface area contributed by atoms with Crippen molar-refractivity contribution in [3.05, 3.63) is 0 Å². The topological polar surface area (TPSA) is 12.0 Å². The number of nitrogens with one attached hydrogen (secondary N) is 1. The summed E-state index contributed by atoms with van der Waals surface area (Å²) in [5, 5.41) is 3.60. The monoisotopic (exact) mass is 189 g/mol. The van der Waals surface area contributed by atoms with E-state index in [1.54, 1.807) is 0 Å². The van der Waals surface area contributed by atoms with E-state index in [9.17, 15) is 0 Å². The molecule has 0 amide bonds. The zero-order valence-electron chi connectivity index (χ0n) is 8.44. The number of nitrogens with zero attached hydrogens (tertiary/aromatic N) is 1. The van der Waals surface area contributed by atoms with E-state index in [2.05, 4.69) is 32.2 Å². The van der Waals surface area contributed by atoms with Crippen LogP contribution in [0.25, 0.3) is 0 Å². The lowest BCUT2D eigenvalue weighted by Gasteiger charge is -2.39. The van der Waals surface area contributed by atoms with Crippen molar-refractivity contribution in [2.24, 2.45) is 5.92 Å². The first-order valence-electron chi connectivity index (χ1n) is 4.46. The third-order valence-electron chi connectivity index (χ3n) is 3.35. The molecule has 2 atom stereocenters. The Bertz CT molecular complexity index is 161. The van der Waals surface area contributed by atoms with Crippen molar-refractivity contribution in [2.45, 2.75) is 26.1 Å². The highest BCUT2D eigenvalue weighted by Crippen LogP contribution is 2.33. The average molecular weight is 189 g/mol. The van der Waals surface area contributed by atoms with Crippen molar-refractivity contribution in [3.8, 4) is 0 Å². The van der Waals surface area contributed by atoms with E-state index in [1.165, 1.54) is 16.8 Å². The van der Waals surface area contributed by atoms with Crippen LogP contribution in [-0.2, 0) is 0 Å². The Kier molecular flexibility index (Phi) is 2.31. The fourth-order valence-electron chi connectivity index (χ4n) is 2.38. The highest BCUT2D eigenvalue weighted by Gasteiger charge is 2.51. The van der Waals surface area contributed by atoms with Gasteiger partial charge in [-0.2, -0.15) is 0 Å². The van der Waals surface area contributed by atoms with Crippen molar-refractivity contribution in [3.63, 3.8) is 0 Å². The summed E-state index contributed by atoms with van der Waals surface area (Å²) in [5.41, 5.74) is 0. The van der Waals surface area contributed by atoms with Gasteiger partial charge in [0, 0.05) is 12.0 Å². The Labute approximate surface area is 74.1 Å². The first-order valence-corrected chi connectivity index (χ1v) is 8.61. The standard InChI is InChI=1S/C7H21N2Si2/c1-7-5-9(2,8-10)11(3,4)6-7/h7-8H,5-6H2,1-4,10H3/q+1. The number of hydrogen-bond acceptors (Lipinski definition) is 1. The molecule has 0 aromatic heterocycles. The molecular formula is C7H21N2Si2+. The second kappa shape index (κ2) is 2.69. The van der Waals surface area contributed by atoms with E-state index in [1.807, 2.05) is 0 Å². The lowest BCUT2D eigenvalue weighted by Crippen LogP contribution is -2.65. The van der Waals surface area contributed by atoms with Crippen LogP contribution in [0.4, 0.5) is 0 Å². The van der Waals surface area contributed by atoms with Gasteiger partial charge in [-0.1, -0.05) is 6.92 Å². The quantitative estimate of drug-likeness (QED) is 0.576. The maximum Gasteiger partial charge on any atom is 0.298 e. The molecule has 0 bridgehead atoms. The van der Waals surface area contributed by atoms with Gasteiger partial charge in [-0.3, -0.25) is 0 Å². The van der Waals surface area contributed by atoms with Crippen LogP contribution in [0.3, 0.4) is 0 Å². The molecule has 1 fully saturated rings. The minimum Gasteiger partial charge on any atom is -0.314 e. The second-order valence-electron chi connectivity index (χ2n) is 4.72. The van der Waals surface area contributed by atoms with E-state index in [0.29, 0.717) is 0 Å². The summed E-state index contributed by atoms with van der Waals surface area (Å²) in [6.07, 6.45) is 0. The molecule has 0 spiro atoms. The molecule has 0 saturated carbocycles. The second-order valence-corrected chi connectivity index (χ2v) is 10.2. The lowest BCUT2D eigenvalue weighted by molar-refractivity contribution is -0.840. The number of rotatable bonds is 1. The minimum absolute atomic E-state index is 0.933. The van der Waals surface area contributed by atoms with Crippen LogP contribution in [0, 0.1) is 5.92 Å². The van der Waals surface area contributed by atoms with Crippen LogP contribution in [0.15, 0.2) is 0 Å². The third-order valence-corrected chi connectivity index (χ3v) is 9.56. The van der Waals surface area contributed by atoms with Crippen molar-refractivity contribution >= 4 is 18.6 Å². The molecule has 0 aromatic rings. The van der Waals surface area contributed by atoms with Crippen LogP contribution in [0.1, 0.15) is 6.92 Å². The molecule has 1 aliphatic rings. The summed E-state index contributed by atoms with van der Waals surface area (Å²) in [5.74, 6) is 0.933. The summed E-state index contributed by atoms with van der Waals surface area (Å²) in [6.45, 7) is 8.74. The molecule has 0 aliphatic carbocycles. The first-order chi connectivity index (χ1) is 4.91. The molecular weight excluding hydrogens is 168 g/mol. The van der Waals surface area contributed by atoms with Gasteiger partial charge in [-0.25, -0.2) is 5.09 Å². The van der Waals surface area contributed by atoms with Crippen molar-refractivity contribution in [1.82, 2.24) is 5.09 Å². The fraction of sp³-hybridized carbons (Fsp3) is 1.00. The summed E-state index contributed by atoms with van der Waals surface area (Å²) in [6, 6.07) is 1.48. The molecule has 1 heterocycles. The maximum atomic E-state index is 3.60. The van der Waals surface area contributed by atoms with Crippen LogP contribution >= 0.6 is 0 Å². The predicted molar refractivity (Wildman–Crippen MR) is 55.6 cm³/mol. The maximum absolute atomic E-state index is 3.60. The van der Waals surface area contributed by atoms with Gasteiger partial charge in [0.1, 0.15) is 10.4 Å². The Balaban J connectivity index is 2.81. The summed E-state index contributed by atoms with van der Waals surface area (Å²) in [7, 11) is 2.51. The molecule has 66 valence electrons. The van der Waals surface area contributed by atoms with Crippen LogP contribution < -0.4 is 5.09 Å². The Hall–Kier alpha value is 0.354. The summed E-state index contributed by atoms with van der Waals surface area (Å²) >= 11 is 0.